The molecule has 0 saturated carbocycles. The van der Waals surface area contributed by atoms with E-state index in [1.54, 1.807) is 6.20 Å². The van der Waals surface area contributed by atoms with Crippen molar-refractivity contribution in [2.75, 3.05) is 4.90 Å². The number of fused-ring (bicyclic) bond motifs is 3. The highest BCUT2D eigenvalue weighted by Gasteiger charge is 2.19. The van der Waals surface area contributed by atoms with Crippen LogP contribution in [0.15, 0.2) is 150 Å². The molecule has 0 spiro atoms. The topological polar surface area (TPSA) is 29.3 Å². The van der Waals surface area contributed by atoms with Gasteiger partial charge in [-0.2, -0.15) is 0 Å². The largest absolute Gasteiger partial charge is 0.454 e. The molecule has 0 atom stereocenters. The van der Waals surface area contributed by atoms with Crippen LogP contribution < -0.4 is 4.90 Å². The first kappa shape index (κ1) is 22.1. The van der Waals surface area contributed by atoms with Crippen LogP contribution in [0.25, 0.3) is 44.2 Å². The van der Waals surface area contributed by atoms with Crippen molar-refractivity contribution >= 4 is 39.0 Å². The Morgan fingerprint density at radius 3 is 1.66 bits per heavy atom. The van der Waals surface area contributed by atoms with E-state index in [0.717, 1.165) is 39.0 Å². The van der Waals surface area contributed by atoms with Gasteiger partial charge in [-0.3, -0.25) is 4.98 Å². The van der Waals surface area contributed by atoms with Crippen molar-refractivity contribution in [1.82, 2.24) is 4.98 Å². The quantitative estimate of drug-likeness (QED) is 0.241. The van der Waals surface area contributed by atoms with Crippen LogP contribution in [-0.2, 0) is 0 Å². The Kier molecular flexibility index (Phi) is 5.45. The molecule has 0 saturated heterocycles. The lowest BCUT2D eigenvalue weighted by atomic mass is 10.00. The number of para-hydroxylation sites is 2. The third-order valence-electron chi connectivity index (χ3n) is 6.97. The second-order valence-corrected chi connectivity index (χ2v) is 9.29. The van der Waals surface area contributed by atoms with Crippen molar-refractivity contribution < 1.29 is 4.42 Å². The normalized spacial score (nSPS) is 11.2. The van der Waals surface area contributed by atoms with Crippen molar-refractivity contribution in [2.24, 2.45) is 0 Å². The zero-order chi connectivity index (χ0) is 25.3. The van der Waals surface area contributed by atoms with Crippen molar-refractivity contribution in [1.29, 1.82) is 0 Å². The maximum atomic E-state index is 6.14. The van der Waals surface area contributed by atoms with E-state index in [4.69, 9.17) is 4.42 Å². The van der Waals surface area contributed by atoms with Crippen LogP contribution in [0.5, 0.6) is 0 Å². The van der Waals surface area contributed by atoms with Crippen LogP contribution in [0.1, 0.15) is 0 Å². The lowest BCUT2D eigenvalue weighted by molar-refractivity contribution is 0.667. The number of pyridine rings is 1. The van der Waals surface area contributed by atoms with Gasteiger partial charge in [0.15, 0.2) is 5.58 Å². The van der Waals surface area contributed by atoms with E-state index in [1.807, 2.05) is 36.5 Å². The fourth-order valence-electron chi connectivity index (χ4n) is 5.12. The molecule has 0 unspecified atom stereocenters. The van der Waals surface area contributed by atoms with Crippen LogP contribution in [0.3, 0.4) is 0 Å². The van der Waals surface area contributed by atoms with Crippen molar-refractivity contribution in [2.45, 2.75) is 0 Å². The number of hydrogen-bond donors (Lipinski definition) is 0. The molecule has 3 heteroatoms. The Labute approximate surface area is 221 Å². The lowest BCUT2D eigenvalue weighted by Gasteiger charge is -2.26. The minimum atomic E-state index is 0.778. The highest BCUT2D eigenvalue weighted by molar-refractivity contribution is 6.12. The second-order valence-electron chi connectivity index (χ2n) is 9.29. The molecule has 0 aliphatic carbocycles. The van der Waals surface area contributed by atoms with E-state index in [1.165, 1.54) is 22.3 Å². The predicted octanol–water partition coefficient (Wildman–Crippen LogP) is 9.78. The summed E-state index contributed by atoms with van der Waals surface area (Å²) in [4.78, 5) is 6.79. The van der Waals surface area contributed by atoms with Gasteiger partial charge in [-0.15, -0.1) is 0 Å². The van der Waals surface area contributed by atoms with Crippen molar-refractivity contribution in [3.05, 3.63) is 146 Å². The van der Waals surface area contributed by atoms with E-state index in [-0.39, 0.29) is 0 Å². The lowest BCUT2D eigenvalue weighted by Crippen LogP contribution is -2.10. The summed E-state index contributed by atoms with van der Waals surface area (Å²) in [6.45, 7) is 0. The van der Waals surface area contributed by atoms with Gasteiger partial charge < -0.3 is 9.32 Å². The van der Waals surface area contributed by atoms with Gasteiger partial charge in [-0.1, -0.05) is 103 Å². The molecule has 0 N–H and O–H groups in total. The second kappa shape index (κ2) is 9.38. The Morgan fingerprint density at radius 2 is 0.974 bits per heavy atom. The van der Waals surface area contributed by atoms with E-state index in [0.29, 0.717) is 0 Å². The van der Waals surface area contributed by atoms with E-state index >= 15 is 0 Å². The molecule has 5 aromatic carbocycles. The average Bonchev–Trinajstić information content (AvgIpc) is 3.38. The first-order valence-corrected chi connectivity index (χ1v) is 12.7. The van der Waals surface area contributed by atoms with Gasteiger partial charge in [-0.05, 0) is 52.6 Å². The summed E-state index contributed by atoms with van der Waals surface area (Å²) >= 11 is 0. The first-order valence-electron chi connectivity index (χ1n) is 12.7. The number of rotatable bonds is 5. The average molecular weight is 489 g/mol. The van der Waals surface area contributed by atoms with Gasteiger partial charge in [0, 0.05) is 16.8 Å². The van der Waals surface area contributed by atoms with E-state index < -0.39 is 0 Å². The predicted molar refractivity (Wildman–Crippen MR) is 157 cm³/mol. The molecular weight excluding hydrogens is 464 g/mol. The molecule has 180 valence electrons. The number of benzene rings is 5. The molecule has 0 fully saturated rings. The minimum Gasteiger partial charge on any atom is -0.454 e. The molecule has 0 amide bonds. The van der Waals surface area contributed by atoms with Gasteiger partial charge in [0.2, 0.25) is 0 Å². The van der Waals surface area contributed by atoms with E-state index in [2.05, 4.69) is 113 Å². The van der Waals surface area contributed by atoms with Gasteiger partial charge in [-0.25, -0.2) is 0 Å². The summed E-state index contributed by atoms with van der Waals surface area (Å²) < 4.78 is 6.14. The summed E-state index contributed by atoms with van der Waals surface area (Å²) in [6.07, 6.45) is 3.72. The number of furan rings is 1. The summed E-state index contributed by atoms with van der Waals surface area (Å²) in [5.74, 6) is 0. The van der Waals surface area contributed by atoms with Crippen molar-refractivity contribution in [3.8, 4) is 22.3 Å². The monoisotopic (exact) mass is 488 g/mol. The van der Waals surface area contributed by atoms with Gasteiger partial charge in [0.1, 0.15) is 5.58 Å². The number of hydrogen-bond acceptors (Lipinski definition) is 3. The highest BCUT2D eigenvalue weighted by atomic mass is 16.3. The highest BCUT2D eigenvalue weighted by Crippen LogP contribution is 2.42. The van der Waals surface area contributed by atoms with Crippen LogP contribution in [-0.4, -0.2) is 4.98 Å². The van der Waals surface area contributed by atoms with Gasteiger partial charge >= 0.3 is 0 Å². The number of anilines is 3. The van der Waals surface area contributed by atoms with Crippen molar-refractivity contribution in [3.63, 3.8) is 0 Å². The Hall–Kier alpha value is -5.15. The third kappa shape index (κ3) is 3.91. The molecule has 7 aromatic rings. The molecule has 0 bridgehead atoms. The Balaban J connectivity index is 1.31. The molecule has 2 aromatic heterocycles. The molecular formula is C35H24N2O. The smallest absolute Gasteiger partial charge is 0.155 e. The zero-order valence-electron chi connectivity index (χ0n) is 20.7. The van der Waals surface area contributed by atoms with Gasteiger partial charge in [0.25, 0.3) is 0 Å². The molecule has 0 aliphatic heterocycles. The molecule has 7 rings (SSSR count). The summed E-state index contributed by atoms with van der Waals surface area (Å²) in [5, 5.41) is 2.14. The minimum absolute atomic E-state index is 0.778. The number of aromatic nitrogens is 1. The SMILES string of the molecule is c1ccc(-c2ccc(-c3ccc(N(c4ccccc4)c4cncc5oc6ccccc6c45)cc3)cc2)cc1. The maximum absolute atomic E-state index is 6.14. The van der Waals surface area contributed by atoms with Crippen LogP contribution >= 0.6 is 0 Å². The third-order valence-corrected chi connectivity index (χ3v) is 6.97. The molecule has 0 radical (unpaired) electrons. The Morgan fingerprint density at radius 1 is 0.447 bits per heavy atom. The fraction of sp³-hybridized carbons (Fsp3) is 0. The molecule has 3 nitrogen and oxygen atoms in total. The van der Waals surface area contributed by atoms with Crippen LogP contribution in [0.2, 0.25) is 0 Å². The Bertz CT molecular complexity index is 1840. The first-order chi connectivity index (χ1) is 18.8. The summed E-state index contributed by atoms with van der Waals surface area (Å²) in [6, 6.07) is 46.5. The molecule has 0 aliphatic rings. The summed E-state index contributed by atoms with van der Waals surface area (Å²) in [5.41, 5.74) is 9.54. The van der Waals surface area contributed by atoms with E-state index in [9.17, 15) is 0 Å². The maximum Gasteiger partial charge on any atom is 0.155 e. The molecule has 38 heavy (non-hydrogen) atoms. The standard InChI is InChI=1S/C35H24N2O/c1-3-9-25(10-4-1)26-15-17-27(18-16-26)28-19-21-30(22-20-28)37(29-11-5-2-6-12-29)32-23-36-24-34-35(32)31-13-7-8-14-33(31)38-34/h1-24H. The number of nitrogens with zero attached hydrogens (tertiary/aromatic N) is 2. The fourth-order valence-corrected chi connectivity index (χ4v) is 5.12. The summed E-state index contributed by atoms with van der Waals surface area (Å²) in [7, 11) is 0. The van der Waals surface area contributed by atoms with Gasteiger partial charge in [0.05, 0.1) is 23.5 Å². The van der Waals surface area contributed by atoms with Crippen LogP contribution in [0, 0.1) is 0 Å². The van der Waals surface area contributed by atoms with Crippen LogP contribution in [0.4, 0.5) is 17.1 Å². The zero-order valence-corrected chi connectivity index (χ0v) is 20.7. The molecule has 2 heterocycles.